The summed E-state index contributed by atoms with van der Waals surface area (Å²) >= 11 is 0. The van der Waals surface area contributed by atoms with Crippen molar-refractivity contribution in [3.05, 3.63) is 35.4 Å². The van der Waals surface area contributed by atoms with E-state index >= 15 is 0 Å². The topological polar surface area (TPSA) is 71.0 Å². The van der Waals surface area contributed by atoms with E-state index in [2.05, 4.69) is 29.8 Å². The van der Waals surface area contributed by atoms with E-state index in [0.29, 0.717) is 18.0 Å². The third kappa shape index (κ3) is 4.36. The first-order chi connectivity index (χ1) is 18.5. The fourth-order valence-electron chi connectivity index (χ4n) is 8.05. The van der Waals surface area contributed by atoms with Crippen LogP contribution < -0.4 is 14.8 Å². The summed E-state index contributed by atoms with van der Waals surface area (Å²) in [5.41, 5.74) is 2.03. The lowest BCUT2D eigenvalue weighted by Gasteiger charge is -2.63. The molecule has 0 aromatic heterocycles. The van der Waals surface area contributed by atoms with Crippen molar-refractivity contribution in [1.82, 2.24) is 10.2 Å². The van der Waals surface area contributed by atoms with Crippen LogP contribution in [-0.2, 0) is 11.8 Å². The smallest absolute Gasteiger partial charge is 0.412 e. The molecule has 2 saturated carbocycles. The molecule has 6 rings (SSSR count). The Kier molecular flexibility index (Phi) is 7.23. The van der Waals surface area contributed by atoms with Crippen molar-refractivity contribution in [2.24, 2.45) is 5.92 Å². The molecule has 1 aromatic rings. The highest BCUT2D eigenvalue weighted by Crippen LogP contribution is 2.66. The molecular formula is C32H46N2O4. The zero-order chi connectivity index (χ0) is 26.3. The van der Waals surface area contributed by atoms with Crippen molar-refractivity contribution in [3.63, 3.8) is 0 Å². The van der Waals surface area contributed by atoms with Gasteiger partial charge in [-0.2, -0.15) is 0 Å². The summed E-state index contributed by atoms with van der Waals surface area (Å²) in [6, 6.07) is 4.11. The molecule has 5 aliphatic rings. The molecule has 4 atom stereocenters. The van der Waals surface area contributed by atoms with Crippen LogP contribution in [0.3, 0.4) is 0 Å². The van der Waals surface area contributed by atoms with Crippen molar-refractivity contribution in [3.8, 4) is 11.5 Å². The molecule has 2 N–H and O–H groups in total. The highest BCUT2D eigenvalue weighted by Gasteiger charge is 2.72. The number of benzene rings is 1. The maximum atomic E-state index is 12.7. The Hall–Kier alpha value is -2.05. The first-order valence-electron chi connectivity index (χ1n) is 15.4. The molecule has 2 heterocycles. The van der Waals surface area contributed by atoms with E-state index in [1.165, 1.54) is 56.9 Å². The predicted octanol–water partition coefficient (Wildman–Crippen LogP) is 6.04. The van der Waals surface area contributed by atoms with Gasteiger partial charge in [0.15, 0.2) is 11.5 Å². The molecule has 1 aromatic carbocycles. The van der Waals surface area contributed by atoms with Crippen LogP contribution in [0, 0.1) is 5.92 Å². The Morgan fingerprint density at radius 2 is 1.92 bits per heavy atom. The van der Waals surface area contributed by atoms with Gasteiger partial charge in [0, 0.05) is 24.7 Å². The van der Waals surface area contributed by atoms with Crippen LogP contribution in [-0.4, -0.2) is 53.5 Å². The number of carbonyl (C=O) groups is 1. The summed E-state index contributed by atoms with van der Waals surface area (Å²) < 4.78 is 12.5. The standard InChI is InChI=1S/C32H46N2O4/c1-3-4-5-6-7-8-9-10-18-33-30(35)37-25-14-13-24-20-26-32(36)16-15-22(2)29-31(32,27(24)28(25)38-29)17-19-34(26)21-23-11-12-23/h13-14,23,26,29,36H,2-12,15-21H2,1H3,(H,33,35)/t26-,29+,31+,32-/m1/s1. The van der Waals surface area contributed by atoms with Crippen LogP contribution >= 0.6 is 0 Å². The number of hydrogen-bond acceptors (Lipinski definition) is 5. The number of nitrogens with one attached hydrogen (secondary N) is 1. The normalized spacial score (nSPS) is 31.1. The number of likely N-dealkylation sites (tertiary alicyclic amines) is 1. The Bertz CT molecular complexity index is 1070. The number of hydrogen-bond donors (Lipinski definition) is 2. The third-order valence-corrected chi connectivity index (χ3v) is 10.2. The van der Waals surface area contributed by atoms with Crippen molar-refractivity contribution >= 4 is 6.09 Å². The van der Waals surface area contributed by atoms with Crippen molar-refractivity contribution < 1.29 is 19.4 Å². The molecule has 3 fully saturated rings. The van der Waals surface area contributed by atoms with Gasteiger partial charge < -0.3 is 19.9 Å². The highest BCUT2D eigenvalue weighted by molar-refractivity contribution is 5.73. The number of nitrogens with zero attached hydrogens (tertiary/aromatic N) is 1. The maximum Gasteiger partial charge on any atom is 0.412 e. The van der Waals surface area contributed by atoms with Gasteiger partial charge in [0.1, 0.15) is 6.10 Å². The maximum absolute atomic E-state index is 12.7. The summed E-state index contributed by atoms with van der Waals surface area (Å²) in [7, 11) is 0. The predicted molar refractivity (Wildman–Crippen MR) is 149 cm³/mol. The number of unbranched alkanes of at least 4 members (excludes halogenated alkanes) is 7. The largest absolute Gasteiger partial charge is 0.481 e. The Morgan fingerprint density at radius 3 is 2.68 bits per heavy atom. The van der Waals surface area contributed by atoms with Crippen molar-refractivity contribution in [1.29, 1.82) is 0 Å². The van der Waals surface area contributed by atoms with Gasteiger partial charge in [0.2, 0.25) is 0 Å². The molecule has 1 spiro atoms. The van der Waals surface area contributed by atoms with E-state index in [4.69, 9.17) is 9.47 Å². The van der Waals surface area contributed by atoms with E-state index in [1.807, 2.05) is 6.07 Å². The van der Waals surface area contributed by atoms with Gasteiger partial charge in [-0.1, -0.05) is 64.5 Å². The zero-order valence-electron chi connectivity index (χ0n) is 23.2. The summed E-state index contributed by atoms with van der Waals surface area (Å²) in [4.78, 5) is 15.3. The lowest BCUT2D eigenvalue weighted by Crippen LogP contribution is -2.75. The molecule has 38 heavy (non-hydrogen) atoms. The van der Waals surface area contributed by atoms with Gasteiger partial charge in [-0.05, 0) is 74.6 Å². The second-order valence-electron chi connectivity index (χ2n) is 12.7. The molecule has 6 heteroatoms. The molecular weight excluding hydrogens is 476 g/mol. The number of ether oxygens (including phenoxy) is 2. The monoisotopic (exact) mass is 522 g/mol. The van der Waals surface area contributed by atoms with E-state index in [1.54, 1.807) is 0 Å². The molecule has 2 bridgehead atoms. The van der Waals surface area contributed by atoms with Crippen LogP contribution in [0.4, 0.5) is 4.79 Å². The lowest BCUT2D eigenvalue weighted by atomic mass is 9.48. The van der Waals surface area contributed by atoms with Crippen LogP contribution in [0.1, 0.15) is 102 Å². The van der Waals surface area contributed by atoms with Crippen LogP contribution in [0.5, 0.6) is 11.5 Å². The minimum absolute atomic E-state index is 0.108. The van der Waals surface area contributed by atoms with E-state index in [-0.39, 0.29) is 12.1 Å². The molecule has 0 unspecified atom stereocenters. The van der Waals surface area contributed by atoms with Crippen molar-refractivity contribution in [2.45, 2.75) is 120 Å². The summed E-state index contributed by atoms with van der Waals surface area (Å²) in [6.07, 6.45) is 15.0. The summed E-state index contributed by atoms with van der Waals surface area (Å²) in [6.45, 7) is 9.32. The van der Waals surface area contributed by atoms with Gasteiger partial charge in [-0.15, -0.1) is 0 Å². The first-order valence-corrected chi connectivity index (χ1v) is 15.4. The molecule has 1 saturated heterocycles. The SMILES string of the molecule is C=C1CC[C@@]2(O)[C@H]3Cc4ccc(OC(=O)NCCCCCCCCCC)c5c4[C@@]2(CCN3CC2CC2)[C@H]1O5. The van der Waals surface area contributed by atoms with Gasteiger partial charge >= 0.3 is 6.09 Å². The van der Waals surface area contributed by atoms with Gasteiger partial charge in [-0.3, -0.25) is 4.90 Å². The zero-order valence-corrected chi connectivity index (χ0v) is 23.2. The summed E-state index contributed by atoms with van der Waals surface area (Å²) in [5, 5.41) is 15.4. The average molecular weight is 523 g/mol. The van der Waals surface area contributed by atoms with E-state index in [9.17, 15) is 9.90 Å². The minimum atomic E-state index is -0.846. The number of piperidine rings is 1. The molecule has 0 radical (unpaired) electrons. The molecule has 6 nitrogen and oxygen atoms in total. The van der Waals surface area contributed by atoms with Crippen LogP contribution in [0.15, 0.2) is 24.3 Å². The molecule has 2 aliphatic heterocycles. The molecule has 1 amide bonds. The molecule has 208 valence electrons. The Morgan fingerprint density at radius 1 is 1.16 bits per heavy atom. The van der Waals surface area contributed by atoms with Gasteiger partial charge in [-0.25, -0.2) is 4.79 Å². The van der Waals surface area contributed by atoms with E-state index in [0.717, 1.165) is 68.7 Å². The number of aliphatic hydroxyl groups is 1. The summed E-state index contributed by atoms with van der Waals surface area (Å²) in [5.74, 6) is 1.92. The van der Waals surface area contributed by atoms with E-state index < -0.39 is 17.1 Å². The number of rotatable bonds is 12. The fraction of sp³-hybridized carbons (Fsp3) is 0.719. The van der Waals surface area contributed by atoms with Crippen molar-refractivity contribution in [2.75, 3.05) is 19.6 Å². The lowest BCUT2D eigenvalue weighted by molar-refractivity contribution is -0.174. The minimum Gasteiger partial charge on any atom is -0.481 e. The second-order valence-corrected chi connectivity index (χ2v) is 12.7. The first kappa shape index (κ1) is 26.2. The number of amides is 1. The highest BCUT2D eigenvalue weighted by atomic mass is 16.6. The quantitative estimate of drug-likeness (QED) is 0.259. The Balaban J connectivity index is 1.15. The number of carbonyl (C=O) groups excluding carboxylic acids is 1. The fourth-order valence-corrected chi connectivity index (χ4v) is 8.05. The second kappa shape index (κ2) is 10.5. The average Bonchev–Trinajstić information content (AvgIpc) is 3.64. The van der Waals surface area contributed by atoms with Crippen LogP contribution in [0.2, 0.25) is 0 Å². The van der Waals surface area contributed by atoms with Gasteiger partial charge in [0.25, 0.3) is 0 Å². The van der Waals surface area contributed by atoms with Crippen LogP contribution in [0.25, 0.3) is 0 Å². The third-order valence-electron chi connectivity index (χ3n) is 10.2. The molecule has 3 aliphatic carbocycles. The van der Waals surface area contributed by atoms with Gasteiger partial charge in [0.05, 0.1) is 11.0 Å². The Labute approximate surface area is 228 Å².